The van der Waals surface area contributed by atoms with Crippen molar-refractivity contribution in [3.8, 4) is 5.75 Å². The molecule has 110 valence electrons. The third-order valence-electron chi connectivity index (χ3n) is 5.42. The minimum atomic E-state index is 0.574. The van der Waals surface area contributed by atoms with E-state index >= 15 is 0 Å². The molecule has 1 heterocycles. The van der Waals surface area contributed by atoms with Crippen LogP contribution in [-0.2, 0) is 0 Å². The minimum Gasteiger partial charge on any atom is -0.497 e. The zero-order valence-electron chi connectivity index (χ0n) is 12.8. The van der Waals surface area contributed by atoms with E-state index in [1.807, 2.05) is 6.07 Å². The van der Waals surface area contributed by atoms with E-state index < -0.39 is 0 Å². The molecule has 1 saturated carbocycles. The number of hydrogen-bond donors (Lipinski definition) is 0. The molecule has 0 N–H and O–H groups in total. The highest BCUT2D eigenvalue weighted by molar-refractivity contribution is 5.31. The van der Waals surface area contributed by atoms with Gasteiger partial charge in [-0.1, -0.05) is 31.4 Å². The van der Waals surface area contributed by atoms with Gasteiger partial charge < -0.3 is 4.74 Å². The average molecular weight is 273 g/mol. The molecule has 0 spiro atoms. The van der Waals surface area contributed by atoms with Crippen molar-refractivity contribution in [3.63, 3.8) is 0 Å². The van der Waals surface area contributed by atoms with Gasteiger partial charge >= 0.3 is 0 Å². The molecule has 3 rings (SSSR count). The number of methoxy groups -OCH3 is 1. The van der Waals surface area contributed by atoms with Crippen LogP contribution in [0.3, 0.4) is 0 Å². The van der Waals surface area contributed by atoms with Gasteiger partial charge in [-0.3, -0.25) is 4.90 Å². The van der Waals surface area contributed by atoms with Crippen LogP contribution >= 0.6 is 0 Å². The molecule has 0 amide bonds. The summed E-state index contributed by atoms with van der Waals surface area (Å²) in [5.41, 5.74) is 1.43. The number of hydrogen-bond acceptors (Lipinski definition) is 2. The third-order valence-corrected chi connectivity index (χ3v) is 5.42. The van der Waals surface area contributed by atoms with Crippen LogP contribution in [0, 0.1) is 5.92 Å². The lowest BCUT2D eigenvalue weighted by Crippen LogP contribution is -2.44. The molecule has 1 aliphatic carbocycles. The Bertz CT molecular complexity index is 445. The molecule has 2 fully saturated rings. The van der Waals surface area contributed by atoms with Crippen LogP contribution in [0.5, 0.6) is 5.75 Å². The second-order valence-corrected chi connectivity index (χ2v) is 6.50. The number of fused-ring (bicyclic) bond motifs is 1. The summed E-state index contributed by atoms with van der Waals surface area (Å²) in [5, 5.41) is 0. The average Bonchev–Trinajstić information content (AvgIpc) is 2.73. The van der Waals surface area contributed by atoms with E-state index in [-0.39, 0.29) is 0 Å². The highest BCUT2D eigenvalue weighted by Gasteiger charge is 2.35. The van der Waals surface area contributed by atoms with Crippen LogP contribution in [-0.4, -0.2) is 25.1 Å². The van der Waals surface area contributed by atoms with Crippen LogP contribution in [0.15, 0.2) is 24.3 Å². The van der Waals surface area contributed by atoms with Crippen molar-refractivity contribution in [2.24, 2.45) is 5.92 Å². The zero-order chi connectivity index (χ0) is 13.9. The van der Waals surface area contributed by atoms with Gasteiger partial charge in [-0.2, -0.15) is 0 Å². The van der Waals surface area contributed by atoms with Gasteiger partial charge in [0.1, 0.15) is 5.75 Å². The number of likely N-dealkylation sites (tertiary alicyclic amines) is 1. The quantitative estimate of drug-likeness (QED) is 0.791. The van der Waals surface area contributed by atoms with Crippen LogP contribution in [0.4, 0.5) is 0 Å². The summed E-state index contributed by atoms with van der Waals surface area (Å²) in [5.74, 6) is 1.92. The standard InChI is InChI=1S/C18H27NO/c1-19-17-10-5-3-4-7-14(17)11-12-18(19)15-8-6-9-16(13-15)20-2/h6,8-9,13-14,17-18H,3-5,7,10-12H2,1-2H3/t14-,17-,18-/m1/s1. The number of ether oxygens (including phenoxy) is 1. The molecule has 0 bridgehead atoms. The summed E-state index contributed by atoms with van der Waals surface area (Å²) in [6.07, 6.45) is 9.82. The summed E-state index contributed by atoms with van der Waals surface area (Å²) >= 11 is 0. The Balaban J connectivity index is 1.80. The predicted molar refractivity (Wildman–Crippen MR) is 83.1 cm³/mol. The second-order valence-electron chi connectivity index (χ2n) is 6.50. The van der Waals surface area contributed by atoms with Gasteiger partial charge in [0.2, 0.25) is 0 Å². The van der Waals surface area contributed by atoms with Crippen molar-refractivity contribution in [2.45, 2.75) is 57.0 Å². The molecule has 0 radical (unpaired) electrons. The van der Waals surface area contributed by atoms with Crippen molar-refractivity contribution in [2.75, 3.05) is 14.2 Å². The summed E-state index contributed by atoms with van der Waals surface area (Å²) in [4.78, 5) is 2.66. The van der Waals surface area contributed by atoms with Crippen LogP contribution < -0.4 is 4.74 Å². The Morgan fingerprint density at radius 3 is 2.75 bits per heavy atom. The summed E-state index contributed by atoms with van der Waals surface area (Å²) in [6.45, 7) is 0. The summed E-state index contributed by atoms with van der Waals surface area (Å²) in [7, 11) is 4.09. The van der Waals surface area contributed by atoms with Gasteiger partial charge in [-0.05, 0) is 56.3 Å². The van der Waals surface area contributed by atoms with Crippen LogP contribution in [0.1, 0.15) is 56.6 Å². The molecule has 1 aromatic rings. The monoisotopic (exact) mass is 273 g/mol. The molecule has 3 atom stereocenters. The molecular formula is C18H27NO. The van der Waals surface area contributed by atoms with E-state index in [9.17, 15) is 0 Å². The summed E-state index contributed by atoms with van der Waals surface area (Å²) in [6, 6.07) is 10.0. The molecule has 0 unspecified atom stereocenters. The van der Waals surface area contributed by atoms with Gasteiger partial charge in [0.25, 0.3) is 0 Å². The van der Waals surface area contributed by atoms with Crippen molar-refractivity contribution in [3.05, 3.63) is 29.8 Å². The molecule has 0 aromatic heterocycles. The topological polar surface area (TPSA) is 12.5 Å². The Labute approximate surface area is 123 Å². The smallest absolute Gasteiger partial charge is 0.119 e. The molecule has 2 heteroatoms. The first-order valence-corrected chi connectivity index (χ1v) is 8.15. The van der Waals surface area contributed by atoms with Crippen molar-refractivity contribution < 1.29 is 4.74 Å². The number of rotatable bonds is 2. The zero-order valence-corrected chi connectivity index (χ0v) is 12.8. The normalized spacial score (nSPS) is 31.4. The maximum absolute atomic E-state index is 5.39. The third kappa shape index (κ3) is 2.71. The highest BCUT2D eigenvalue weighted by atomic mass is 16.5. The van der Waals surface area contributed by atoms with E-state index in [1.165, 1.54) is 50.5 Å². The minimum absolute atomic E-state index is 0.574. The lowest BCUT2D eigenvalue weighted by molar-refractivity contribution is 0.0588. The predicted octanol–water partition coefficient (Wildman–Crippen LogP) is 4.41. The molecule has 2 aliphatic rings. The van der Waals surface area contributed by atoms with Gasteiger partial charge in [-0.25, -0.2) is 0 Å². The molecule has 2 nitrogen and oxygen atoms in total. The largest absolute Gasteiger partial charge is 0.497 e. The maximum Gasteiger partial charge on any atom is 0.119 e. The lowest BCUT2D eigenvalue weighted by Gasteiger charge is -2.44. The Hall–Kier alpha value is -1.02. The fraction of sp³-hybridized carbons (Fsp3) is 0.667. The van der Waals surface area contributed by atoms with Crippen LogP contribution in [0.2, 0.25) is 0 Å². The van der Waals surface area contributed by atoms with E-state index in [2.05, 4.69) is 30.1 Å². The lowest BCUT2D eigenvalue weighted by atomic mass is 9.81. The van der Waals surface area contributed by atoms with Crippen molar-refractivity contribution in [1.29, 1.82) is 0 Å². The summed E-state index contributed by atoms with van der Waals surface area (Å²) < 4.78 is 5.39. The number of nitrogens with zero attached hydrogens (tertiary/aromatic N) is 1. The fourth-order valence-corrected chi connectivity index (χ4v) is 4.30. The molecule has 1 aromatic carbocycles. The maximum atomic E-state index is 5.39. The molecule has 1 saturated heterocycles. The van der Waals surface area contributed by atoms with Gasteiger partial charge in [0.15, 0.2) is 0 Å². The Morgan fingerprint density at radius 1 is 1.05 bits per heavy atom. The SMILES string of the molecule is COc1cccc([C@H]2CC[C@H]3CCCCC[C@H]3N2C)c1. The number of benzene rings is 1. The van der Waals surface area contributed by atoms with E-state index in [0.29, 0.717) is 6.04 Å². The first kappa shape index (κ1) is 13.9. The molecule has 1 aliphatic heterocycles. The fourth-order valence-electron chi connectivity index (χ4n) is 4.30. The van der Waals surface area contributed by atoms with E-state index in [0.717, 1.165) is 17.7 Å². The highest BCUT2D eigenvalue weighted by Crippen LogP contribution is 2.41. The van der Waals surface area contributed by atoms with Gasteiger partial charge in [0, 0.05) is 12.1 Å². The van der Waals surface area contributed by atoms with Crippen molar-refractivity contribution >= 4 is 0 Å². The Morgan fingerprint density at radius 2 is 1.90 bits per heavy atom. The Kier molecular flexibility index (Phi) is 4.30. The molecular weight excluding hydrogens is 246 g/mol. The van der Waals surface area contributed by atoms with E-state index in [1.54, 1.807) is 7.11 Å². The van der Waals surface area contributed by atoms with Crippen LogP contribution in [0.25, 0.3) is 0 Å². The van der Waals surface area contributed by atoms with Gasteiger partial charge in [0.05, 0.1) is 7.11 Å². The first-order valence-electron chi connectivity index (χ1n) is 8.15. The second kappa shape index (κ2) is 6.17. The molecule has 20 heavy (non-hydrogen) atoms. The van der Waals surface area contributed by atoms with Crippen molar-refractivity contribution in [1.82, 2.24) is 4.90 Å². The van der Waals surface area contributed by atoms with E-state index in [4.69, 9.17) is 4.74 Å². The number of piperidine rings is 1. The first-order chi connectivity index (χ1) is 9.79. The van der Waals surface area contributed by atoms with Gasteiger partial charge in [-0.15, -0.1) is 0 Å².